The SMILES string of the molecule is CCNCC1CCN(C(=O)CCCSc2ccc(Cl)cc2)CC1.Cl. The van der Waals surface area contributed by atoms with E-state index in [4.69, 9.17) is 11.6 Å². The molecule has 0 unspecified atom stereocenters. The number of piperidine rings is 1. The molecule has 6 heteroatoms. The van der Waals surface area contributed by atoms with Crippen LogP contribution in [-0.4, -0.2) is 42.7 Å². The van der Waals surface area contributed by atoms with Gasteiger partial charge in [-0.1, -0.05) is 18.5 Å². The fraction of sp³-hybridized carbons (Fsp3) is 0.611. The summed E-state index contributed by atoms with van der Waals surface area (Å²) in [7, 11) is 0. The Bertz CT molecular complexity index is 476. The van der Waals surface area contributed by atoms with Gasteiger partial charge in [-0.15, -0.1) is 24.2 Å². The minimum Gasteiger partial charge on any atom is -0.343 e. The molecule has 2 rings (SSSR count). The molecule has 0 radical (unpaired) electrons. The van der Waals surface area contributed by atoms with Crippen molar-refractivity contribution in [1.29, 1.82) is 0 Å². The Hall–Kier alpha value is -0.420. The van der Waals surface area contributed by atoms with E-state index in [-0.39, 0.29) is 12.4 Å². The molecule has 0 bridgehead atoms. The van der Waals surface area contributed by atoms with Crippen molar-refractivity contribution < 1.29 is 4.79 Å². The van der Waals surface area contributed by atoms with Gasteiger partial charge in [-0.3, -0.25) is 4.79 Å². The highest BCUT2D eigenvalue weighted by atomic mass is 35.5. The zero-order chi connectivity index (χ0) is 16.5. The quantitative estimate of drug-likeness (QED) is 0.524. The number of hydrogen-bond acceptors (Lipinski definition) is 3. The number of nitrogens with zero attached hydrogens (tertiary/aromatic N) is 1. The first-order chi connectivity index (χ1) is 11.2. The van der Waals surface area contributed by atoms with E-state index in [2.05, 4.69) is 17.1 Å². The van der Waals surface area contributed by atoms with Gasteiger partial charge in [-0.05, 0) is 68.3 Å². The number of rotatable bonds is 8. The molecule has 1 amide bonds. The third-order valence-corrected chi connectivity index (χ3v) is 5.62. The second-order valence-corrected chi connectivity index (χ2v) is 7.64. The Balaban J connectivity index is 0.00000288. The predicted molar refractivity (Wildman–Crippen MR) is 107 cm³/mol. The summed E-state index contributed by atoms with van der Waals surface area (Å²) in [5.74, 6) is 2.03. The summed E-state index contributed by atoms with van der Waals surface area (Å²) >= 11 is 7.67. The van der Waals surface area contributed by atoms with Crippen LogP contribution in [0, 0.1) is 5.92 Å². The van der Waals surface area contributed by atoms with Crippen LogP contribution < -0.4 is 5.32 Å². The highest BCUT2D eigenvalue weighted by molar-refractivity contribution is 7.99. The lowest BCUT2D eigenvalue weighted by Crippen LogP contribution is -2.40. The van der Waals surface area contributed by atoms with Gasteiger partial charge in [0.05, 0.1) is 0 Å². The highest BCUT2D eigenvalue weighted by Crippen LogP contribution is 2.22. The summed E-state index contributed by atoms with van der Waals surface area (Å²) < 4.78 is 0. The Morgan fingerprint density at radius 2 is 1.96 bits per heavy atom. The summed E-state index contributed by atoms with van der Waals surface area (Å²) in [6.45, 7) is 6.12. The van der Waals surface area contributed by atoms with Crippen LogP contribution in [0.1, 0.15) is 32.6 Å². The lowest BCUT2D eigenvalue weighted by atomic mass is 9.96. The molecule has 136 valence electrons. The lowest BCUT2D eigenvalue weighted by Gasteiger charge is -2.32. The Labute approximate surface area is 161 Å². The number of carbonyl (C=O) groups excluding carboxylic acids is 1. The van der Waals surface area contributed by atoms with Gasteiger partial charge in [0.25, 0.3) is 0 Å². The van der Waals surface area contributed by atoms with Crippen LogP contribution in [0.3, 0.4) is 0 Å². The zero-order valence-electron chi connectivity index (χ0n) is 14.3. The smallest absolute Gasteiger partial charge is 0.222 e. The van der Waals surface area contributed by atoms with E-state index in [1.807, 2.05) is 24.3 Å². The summed E-state index contributed by atoms with van der Waals surface area (Å²) in [6, 6.07) is 7.88. The Morgan fingerprint density at radius 3 is 2.58 bits per heavy atom. The van der Waals surface area contributed by atoms with Crippen molar-refractivity contribution >= 4 is 41.7 Å². The second kappa shape index (κ2) is 12.0. The largest absolute Gasteiger partial charge is 0.343 e. The normalized spacial score (nSPS) is 15.2. The van der Waals surface area contributed by atoms with Crippen molar-refractivity contribution in [2.24, 2.45) is 5.92 Å². The van der Waals surface area contributed by atoms with Crippen LogP contribution in [0.15, 0.2) is 29.2 Å². The minimum absolute atomic E-state index is 0. The first-order valence-corrected chi connectivity index (χ1v) is 9.92. The fourth-order valence-electron chi connectivity index (χ4n) is 2.84. The molecule has 0 aromatic heterocycles. The molecule has 1 aromatic carbocycles. The van der Waals surface area contributed by atoms with E-state index >= 15 is 0 Å². The first-order valence-electron chi connectivity index (χ1n) is 8.56. The Kier molecular flexibility index (Phi) is 10.8. The van der Waals surface area contributed by atoms with Gasteiger partial charge in [0.15, 0.2) is 0 Å². The number of amides is 1. The molecule has 3 nitrogen and oxygen atoms in total. The molecule has 1 heterocycles. The van der Waals surface area contributed by atoms with Gasteiger partial charge < -0.3 is 10.2 Å². The van der Waals surface area contributed by atoms with Crippen molar-refractivity contribution in [3.8, 4) is 0 Å². The number of thioether (sulfide) groups is 1. The lowest BCUT2D eigenvalue weighted by molar-refractivity contribution is -0.132. The standard InChI is InChI=1S/C18H27ClN2OS.ClH/c1-2-20-14-15-9-11-21(12-10-15)18(22)4-3-13-23-17-7-5-16(19)6-8-17;/h5-8,15,20H,2-4,9-14H2,1H3;1H. The van der Waals surface area contributed by atoms with Crippen LogP contribution >= 0.6 is 35.8 Å². The minimum atomic E-state index is 0. The monoisotopic (exact) mass is 390 g/mol. The molecule has 1 aromatic rings. The number of halogens is 2. The molecule has 0 spiro atoms. The number of carbonyl (C=O) groups is 1. The molecular weight excluding hydrogens is 363 g/mol. The van der Waals surface area contributed by atoms with Crippen molar-refractivity contribution in [2.45, 2.75) is 37.5 Å². The average molecular weight is 391 g/mol. The highest BCUT2D eigenvalue weighted by Gasteiger charge is 2.21. The molecule has 0 aliphatic carbocycles. The summed E-state index contributed by atoms with van der Waals surface area (Å²) in [5, 5.41) is 4.17. The van der Waals surface area contributed by atoms with Gasteiger partial charge in [0.1, 0.15) is 0 Å². The fourth-order valence-corrected chi connectivity index (χ4v) is 3.82. The van der Waals surface area contributed by atoms with E-state index in [9.17, 15) is 4.79 Å². The molecule has 1 aliphatic rings. The van der Waals surface area contributed by atoms with Crippen LogP contribution in [0.25, 0.3) is 0 Å². The third kappa shape index (κ3) is 7.64. The molecule has 1 saturated heterocycles. The maximum absolute atomic E-state index is 12.3. The van der Waals surface area contributed by atoms with E-state index < -0.39 is 0 Å². The van der Waals surface area contributed by atoms with Crippen molar-refractivity contribution in [2.75, 3.05) is 31.9 Å². The Morgan fingerprint density at radius 1 is 1.29 bits per heavy atom. The van der Waals surface area contributed by atoms with Crippen LogP contribution in [-0.2, 0) is 4.79 Å². The van der Waals surface area contributed by atoms with Gasteiger partial charge in [0, 0.05) is 29.4 Å². The summed E-state index contributed by atoms with van der Waals surface area (Å²) in [6.07, 6.45) is 3.87. The molecule has 1 fully saturated rings. The number of likely N-dealkylation sites (tertiary alicyclic amines) is 1. The third-order valence-electron chi connectivity index (χ3n) is 4.27. The van der Waals surface area contributed by atoms with Gasteiger partial charge in [0.2, 0.25) is 5.91 Å². The average Bonchev–Trinajstić information content (AvgIpc) is 2.58. The maximum atomic E-state index is 12.3. The topological polar surface area (TPSA) is 32.3 Å². The van der Waals surface area contributed by atoms with Gasteiger partial charge >= 0.3 is 0 Å². The van der Waals surface area contributed by atoms with Crippen molar-refractivity contribution in [1.82, 2.24) is 10.2 Å². The summed E-state index contributed by atoms with van der Waals surface area (Å²) in [5.41, 5.74) is 0. The summed E-state index contributed by atoms with van der Waals surface area (Å²) in [4.78, 5) is 15.5. The zero-order valence-corrected chi connectivity index (χ0v) is 16.7. The predicted octanol–water partition coefficient (Wildman–Crippen LogP) is 4.48. The molecular formula is C18H28Cl2N2OS. The molecule has 24 heavy (non-hydrogen) atoms. The maximum Gasteiger partial charge on any atom is 0.222 e. The molecule has 0 saturated carbocycles. The van der Waals surface area contributed by atoms with Crippen molar-refractivity contribution in [3.05, 3.63) is 29.3 Å². The van der Waals surface area contributed by atoms with Gasteiger partial charge in [-0.25, -0.2) is 0 Å². The molecule has 1 aliphatic heterocycles. The molecule has 0 atom stereocenters. The van der Waals surface area contributed by atoms with E-state index in [1.165, 1.54) is 4.90 Å². The van der Waals surface area contributed by atoms with E-state index in [1.54, 1.807) is 11.8 Å². The van der Waals surface area contributed by atoms with Crippen LogP contribution in [0.5, 0.6) is 0 Å². The van der Waals surface area contributed by atoms with E-state index in [0.717, 1.165) is 62.1 Å². The second-order valence-electron chi connectivity index (χ2n) is 6.04. The van der Waals surface area contributed by atoms with Gasteiger partial charge in [-0.2, -0.15) is 0 Å². The molecule has 1 N–H and O–H groups in total. The first kappa shape index (κ1) is 21.6. The number of hydrogen-bond donors (Lipinski definition) is 1. The van der Waals surface area contributed by atoms with Crippen molar-refractivity contribution in [3.63, 3.8) is 0 Å². The number of benzene rings is 1. The number of nitrogens with one attached hydrogen (secondary N) is 1. The van der Waals surface area contributed by atoms with Crippen LogP contribution in [0.4, 0.5) is 0 Å². The van der Waals surface area contributed by atoms with E-state index in [0.29, 0.717) is 12.3 Å². The van der Waals surface area contributed by atoms with Crippen LogP contribution in [0.2, 0.25) is 5.02 Å².